The number of benzene rings is 1. The number of sulfone groups is 1. The minimum absolute atomic E-state index is 0.0307. The second kappa shape index (κ2) is 7.86. The van der Waals surface area contributed by atoms with Crippen LogP contribution in [0.2, 0.25) is 0 Å². The highest BCUT2D eigenvalue weighted by molar-refractivity contribution is 7.90. The summed E-state index contributed by atoms with van der Waals surface area (Å²) in [5.74, 6) is -1.98. The number of hydrogen-bond donors (Lipinski definition) is 2. The third-order valence-corrected chi connectivity index (χ3v) is 7.03. The monoisotopic (exact) mass is 430 g/mol. The van der Waals surface area contributed by atoms with Gasteiger partial charge in [-0.3, -0.25) is 9.69 Å². The first-order valence-electron chi connectivity index (χ1n) is 8.44. The summed E-state index contributed by atoms with van der Waals surface area (Å²) in [4.78, 5) is 15.1. The van der Waals surface area contributed by atoms with Gasteiger partial charge in [-0.25, -0.2) is 17.2 Å². The molecule has 1 aromatic heterocycles. The molecule has 3 rings (SSSR count). The number of para-hydroxylation sites is 1. The molecule has 0 aliphatic carbocycles. The van der Waals surface area contributed by atoms with Crippen molar-refractivity contribution in [2.45, 2.75) is 23.5 Å². The van der Waals surface area contributed by atoms with Gasteiger partial charge in [0.25, 0.3) is 6.43 Å². The average Bonchev–Trinajstić information content (AvgIpc) is 3.20. The molecule has 0 saturated carbocycles. The Bertz CT molecular complexity index is 977. The van der Waals surface area contributed by atoms with Gasteiger partial charge in [0.05, 0.1) is 16.5 Å². The molecule has 1 aliphatic heterocycles. The molecule has 1 unspecified atom stereocenters. The zero-order valence-corrected chi connectivity index (χ0v) is 16.8. The fourth-order valence-corrected chi connectivity index (χ4v) is 5.27. The van der Waals surface area contributed by atoms with Crippen LogP contribution >= 0.6 is 11.3 Å². The number of aliphatic hydroxyl groups is 1. The summed E-state index contributed by atoms with van der Waals surface area (Å²) in [6.45, 7) is 0.316. The molecule has 1 saturated heterocycles. The fraction of sp³-hybridized carbons (Fsp3) is 0.389. The number of nitrogens with one attached hydrogen (secondary N) is 1. The molecular formula is C18H20F2N2O4S2. The molecule has 0 bridgehead atoms. The van der Waals surface area contributed by atoms with Gasteiger partial charge in [-0.05, 0) is 30.6 Å². The first-order valence-corrected chi connectivity index (χ1v) is 11.2. The van der Waals surface area contributed by atoms with Gasteiger partial charge in [0.15, 0.2) is 9.84 Å². The van der Waals surface area contributed by atoms with Gasteiger partial charge in [-0.15, -0.1) is 11.3 Å². The highest BCUT2D eigenvalue weighted by Gasteiger charge is 2.45. The number of thiophene rings is 1. The van der Waals surface area contributed by atoms with Crippen molar-refractivity contribution >= 4 is 32.8 Å². The Morgan fingerprint density at radius 2 is 2.04 bits per heavy atom. The predicted octanol–water partition coefficient (Wildman–Crippen LogP) is 2.69. The van der Waals surface area contributed by atoms with Crippen molar-refractivity contribution in [3.63, 3.8) is 0 Å². The maximum Gasteiger partial charge on any atom is 0.264 e. The largest absolute Gasteiger partial charge is 0.378 e. The smallest absolute Gasteiger partial charge is 0.264 e. The number of halogens is 2. The molecule has 1 fully saturated rings. The van der Waals surface area contributed by atoms with Crippen molar-refractivity contribution in [2.24, 2.45) is 5.92 Å². The van der Waals surface area contributed by atoms with Crippen molar-refractivity contribution in [3.8, 4) is 0 Å². The number of alkyl halides is 2. The summed E-state index contributed by atoms with van der Waals surface area (Å²) >= 11 is 1.12. The number of rotatable bonds is 5. The molecule has 28 heavy (non-hydrogen) atoms. The Morgan fingerprint density at radius 1 is 1.36 bits per heavy atom. The number of likely N-dealkylation sites (N-methyl/N-ethyl adjacent to an activating group) is 1. The summed E-state index contributed by atoms with van der Waals surface area (Å²) in [6.07, 6.45) is -2.69. The third-order valence-electron chi connectivity index (χ3n) is 4.80. The standard InChI is InChI=1S/C18H20F2N2O4S2/c1-22-8-11(13-7-10(9-27-13)16(19)20)15(18(22)24)17(23)21-12-5-3-4-6-14(12)28(2,25)26/h3-7,9,11,15-16,18,24H,8H2,1-2H3,(H,21,23)/t11-,15+,18?/m1/s1. The number of carbonyl (C=O) groups is 1. The number of amides is 1. The van der Waals surface area contributed by atoms with Gasteiger partial charge >= 0.3 is 0 Å². The third kappa shape index (κ3) is 4.09. The van der Waals surface area contributed by atoms with E-state index >= 15 is 0 Å². The Kier molecular flexibility index (Phi) is 5.85. The van der Waals surface area contributed by atoms with Gasteiger partial charge in [0.1, 0.15) is 6.23 Å². The van der Waals surface area contributed by atoms with Crippen LogP contribution in [0.4, 0.5) is 14.5 Å². The van der Waals surface area contributed by atoms with E-state index in [1.165, 1.54) is 23.6 Å². The molecule has 2 N–H and O–H groups in total. The van der Waals surface area contributed by atoms with Gasteiger partial charge in [0.2, 0.25) is 5.91 Å². The Morgan fingerprint density at radius 3 is 2.64 bits per heavy atom. The minimum Gasteiger partial charge on any atom is -0.378 e. The molecule has 3 atom stereocenters. The van der Waals surface area contributed by atoms with E-state index in [9.17, 15) is 27.1 Å². The second-order valence-corrected chi connectivity index (χ2v) is 9.75. The van der Waals surface area contributed by atoms with Crippen molar-refractivity contribution in [1.82, 2.24) is 4.90 Å². The second-order valence-electron chi connectivity index (χ2n) is 6.83. The normalized spacial score (nSPS) is 23.3. The molecule has 152 valence electrons. The van der Waals surface area contributed by atoms with Crippen LogP contribution in [0.3, 0.4) is 0 Å². The number of nitrogens with zero attached hydrogens (tertiary/aromatic N) is 1. The van der Waals surface area contributed by atoms with Crippen LogP contribution in [0.15, 0.2) is 40.6 Å². The van der Waals surface area contributed by atoms with Gasteiger partial charge in [0, 0.05) is 29.2 Å². The van der Waals surface area contributed by atoms with Gasteiger partial charge in [-0.2, -0.15) is 0 Å². The highest BCUT2D eigenvalue weighted by Crippen LogP contribution is 2.40. The van der Waals surface area contributed by atoms with Crippen molar-refractivity contribution in [1.29, 1.82) is 0 Å². The van der Waals surface area contributed by atoms with Gasteiger partial charge in [-0.1, -0.05) is 12.1 Å². The molecule has 0 spiro atoms. The topological polar surface area (TPSA) is 86.7 Å². The molecule has 1 aromatic carbocycles. The number of likely N-dealkylation sites (tertiary alicyclic amines) is 1. The summed E-state index contributed by atoms with van der Waals surface area (Å²) in [5.41, 5.74) is 0.000533. The van der Waals surface area contributed by atoms with E-state index < -0.39 is 40.2 Å². The molecule has 2 heterocycles. The van der Waals surface area contributed by atoms with E-state index in [2.05, 4.69) is 5.32 Å². The van der Waals surface area contributed by atoms with E-state index in [1.54, 1.807) is 24.1 Å². The molecule has 10 heteroatoms. The van der Waals surface area contributed by atoms with Crippen LogP contribution in [0, 0.1) is 5.92 Å². The maximum absolute atomic E-state index is 12.9. The zero-order valence-electron chi connectivity index (χ0n) is 15.2. The van der Waals surface area contributed by atoms with Crippen molar-refractivity contribution in [2.75, 3.05) is 25.2 Å². The van der Waals surface area contributed by atoms with Crippen LogP contribution in [-0.4, -0.2) is 50.4 Å². The summed E-state index contributed by atoms with van der Waals surface area (Å²) in [5, 5.41) is 14.4. The fourth-order valence-electron chi connectivity index (χ4n) is 3.39. The van der Waals surface area contributed by atoms with Crippen LogP contribution in [-0.2, 0) is 14.6 Å². The van der Waals surface area contributed by atoms with Crippen LogP contribution in [0.1, 0.15) is 22.8 Å². The number of aliphatic hydroxyl groups excluding tert-OH is 1. The van der Waals surface area contributed by atoms with E-state index in [0.29, 0.717) is 11.4 Å². The quantitative estimate of drug-likeness (QED) is 0.762. The summed E-state index contributed by atoms with van der Waals surface area (Å²) in [6, 6.07) is 7.34. The lowest BCUT2D eigenvalue weighted by molar-refractivity contribution is -0.124. The lowest BCUT2D eigenvalue weighted by atomic mass is 9.92. The lowest BCUT2D eigenvalue weighted by Gasteiger charge is -2.21. The zero-order chi connectivity index (χ0) is 20.6. The summed E-state index contributed by atoms with van der Waals surface area (Å²) in [7, 11) is -1.93. The van der Waals surface area contributed by atoms with E-state index in [0.717, 1.165) is 17.6 Å². The Labute approximate surface area is 165 Å². The van der Waals surface area contributed by atoms with Crippen LogP contribution in [0.5, 0.6) is 0 Å². The van der Waals surface area contributed by atoms with Crippen molar-refractivity contribution in [3.05, 3.63) is 46.2 Å². The van der Waals surface area contributed by atoms with E-state index in [1.807, 2.05) is 0 Å². The molecule has 1 amide bonds. The van der Waals surface area contributed by atoms with Gasteiger partial charge < -0.3 is 10.4 Å². The number of hydrogen-bond acceptors (Lipinski definition) is 6. The van der Waals surface area contributed by atoms with Crippen LogP contribution in [0.25, 0.3) is 0 Å². The number of carbonyl (C=O) groups excluding carboxylic acids is 1. The Balaban J connectivity index is 1.90. The predicted molar refractivity (Wildman–Crippen MR) is 102 cm³/mol. The van der Waals surface area contributed by atoms with E-state index in [4.69, 9.17) is 0 Å². The maximum atomic E-state index is 12.9. The first kappa shape index (κ1) is 20.8. The molecule has 0 radical (unpaired) electrons. The lowest BCUT2D eigenvalue weighted by Crippen LogP contribution is -2.36. The molecular weight excluding hydrogens is 410 g/mol. The van der Waals surface area contributed by atoms with Crippen LogP contribution < -0.4 is 5.32 Å². The first-order chi connectivity index (χ1) is 13.1. The Hall–Kier alpha value is -1.88. The molecule has 2 aromatic rings. The number of anilines is 1. The minimum atomic E-state index is -3.57. The highest BCUT2D eigenvalue weighted by atomic mass is 32.2. The van der Waals surface area contributed by atoms with Crippen molar-refractivity contribution < 1.29 is 27.1 Å². The molecule has 1 aliphatic rings. The summed E-state index contributed by atoms with van der Waals surface area (Å²) < 4.78 is 49.8. The average molecular weight is 430 g/mol. The van der Waals surface area contributed by atoms with E-state index in [-0.39, 0.29) is 16.1 Å². The molecule has 6 nitrogen and oxygen atoms in total. The SMILES string of the molecule is CN1C[C@H](c2cc(C(F)F)cs2)[C@@H](C(=O)Nc2ccccc2S(C)(=O)=O)C1O.